The maximum Gasteiger partial charge on any atom is 0.410 e. The summed E-state index contributed by atoms with van der Waals surface area (Å²) in [6.45, 7) is 0.342. The van der Waals surface area contributed by atoms with Gasteiger partial charge in [0.2, 0.25) is 5.78 Å². The number of anilines is 1. The average Bonchev–Trinajstić information content (AvgIpc) is 2.92. The Hall–Kier alpha value is -4.17. The first-order valence-corrected chi connectivity index (χ1v) is 13.8. The second kappa shape index (κ2) is 11.5. The van der Waals surface area contributed by atoms with Crippen molar-refractivity contribution in [2.45, 2.75) is 38.0 Å². The number of rotatable bonds is 8. The minimum absolute atomic E-state index is 0.0365. The van der Waals surface area contributed by atoms with Crippen molar-refractivity contribution in [2.75, 3.05) is 52.9 Å². The maximum atomic E-state index is 14.1. The summed E-state index contributed by atoms with van der Waals surface area (Å²) in [6.07, 6.45) is -0.728. The van der Waals surface area contributed by atoms with Crippen LogP contribution in [0.15, 0.2) is 23.0 Å². The zero-order valence-corrected chi connectivity index (χ0v) is 24.7. The van der Waals surface area contributed by atoms with Crippen molar-refractivity contribution < 1.29 is 48.7 Å². The Morgan fingerprint density at radius 1 is 1.16 bits per heavy atom. The number of aliphatic hydroxyl groups is 3. The van der Waals surface area contributed by atoms with Crippen LogP contribution in [-0.2, 0) is 32.1 Å². The van der Waals surface area contributed by atoms with Gasteiger partial charge in [-0.2, -0.15) is 0 Å². The van der Waals surface area contributed by atoms with Gasteiger partial charge in [0.25, 0.3) is 5.91 Å². The third-order valence-electron chi connectivity index (χ3n) is 8.56. The Morgan fingerprint density at radius 3 is 2.35 bits per heavy atom. The molecule has 1 aromatic carbocycles. The molecule has 3 aliphatic carbocycles. The molecule has 2 amide bonds. The van der Waals surface area contributed by atoms with E-state index in [1.54, 1.807) is 32.0 Å². The van der Waals surface area contributed by atoms with Gasteiger partial charge in [-0.25, -0.2) is 9.18 Å². The lowest BCUT2D eigenvalue weighted by Crippen LogP contribution is -2.65. The molecule has 43 heavy (non-hydrogen) atoms. The summed E-state index contributed by atoms with van der Waals surface area (Å²) in [5, 5.41) is 45.8. The molecule has 14 heteroatoms. The number of likely N-dealkylation sites (N-methyl/N-ethyl adjacent to an activating group) is 1. The van der Waals surface area contributed by atoms with E-state index in [1.165, 1.54) is 23.9 Å². The highest BCUT2D eigenvalue weighted by atomic mass is 19.1. The van der Waals surface area contributed by atoms with Crippen LogP contribution in [0.4, 0.5) is 14.9 Å². The Morgan fingerprint density at radius 2 is 1.81 bits per heavy atom. The number of nitrogens with zero attached hydrogens (tertiary/aromatic N) is 3. The number of ether oxygens (including phenoxy) is 1. The molecular weight excluding hydrogens is 567 g/mol. The van der Waals surface area contributed by atoms with Gasteiger partial charge in [-0.05, 0) is 51.4 Å². The Balaban J connectivity index is 1.91. The number of phenolic OH excluding ortho intramolecular Hbond substituents is 1. The molecule has 4 rings (SSSR count). The number of halogens is 1. The fraction of sp³-hybridized carbons (Fsp3) is 0.517. The largest absolute Gasteiger partial charge is 0.508 e. The van der Waals surface area contributed by atoms with Gasteiger partial charge in [0.05, 0.1) is 18.2 Å². The molecule has 3 aliphatic rings. The van der Waals surface area contributed by atoms with E-state index in [0.29, 0.717) is 11.3 Å². The first-order chi connectivity index (χ1) is 20.1. The fourth-order valence-electron chi connectivity index (χ4n) is 6.59. The van der Waals surface area contributed by atoms with Crippen LogP contribution in [0.3, 0.4) is 0 Å². The molecule has 4 atom stereocenters. The van der Waals surface area contributed by atoms with E-state index in [-0.39, 0.29) is 42.6 Å². The van der Waals surface area contributed by atoms with E-state index < -0.39 is 83.2 Å². The molecule has 13 nitrogen and oxygen atoms in total. The first-order valence-electron chi connectivity index (χ1n) is 13.8. The van der Waals surface area contributed by atoms with Gasteiger partial charge in [-0.1, -0.05) is 0 Å². The maximum absolute atomic E-state index is 14.1. The predicted molar refractivity (Wildman–Crippen MR) is 152 cm³/mol. The number of alkyl halides is 1. The fourth-order valence-corrected chi connectivity index (χ4v) is 6.59. The number of phenols is 1. The van der Waals surface area contributed by atoms with Crippen LogP contribution in [0.25, 0.3) is 5.76 Å². The molecule has 0 spiro atoms. The quantitative estimate of drug-likeness (QED) is 0.265. The molecular formula is C29H37FN4O9. The van der Waals surface area contributed by atoms with Gasteiger partial charge in [-0.15, -0.1) is 0 Å². The van der Waals surface area contributed by atoms with E-state index in [4.69, 9.17) is 10.5 Å². The van der Waals surface area contributed by atoms with E-state index in [9.17, 15) is 44.0 Å². The van der Waals surface area contributed by atoms with E-state index >= 15 is 0 Å². The number of aliphatic hydroxyl groups excluding tert-OH is 2. The molecule has 1 aromatic rings. The third-order valence-corrected chi connectivity index (χ3v) is 8.56. The molecule has 0 saturated heterocycles. The summed E-state index contributed by atoms with van der Waals surface area (Å²) in [6, 6.07) is 0.456. The van der Waals surface area contributed by atoms with Gasteiger partial charge >= 0.3 is 6.09 Å². The zero-order valence-electron chi connectivity index (χ0n) is 24.7. The standard InChI is InChI=1S/C29H37FN4O9/c1-6-34(28(41)43-8-7-30)12-14-11-17(32(2)3)15-9-13-10-16-21(33(4)5)24(37)20(27(31)40)26(39)29(16,42)25(38)18(13)23(36)19(15)22(14)35/h11,13,16,21,35-36,39,42H,6-10,12H2,1-5H3,(H2,31,40)/t13-,16-,21-,29-/m0/s1. The number of Topliss-reactive ketones (excluding diaryl/α,β-unsaturated/α-hetero) is 2. The summed E-state index contributed by atoms with van der Waals surface area (Å²) in [7, 11) is 6.54. The third kappa shape index (κ3) is 4.87. The molecule has 234 valence electrons. The molecule has 0 radical (unpaired) electrons. The summed E-state index contributed by atoms with van der Waals surface area (Å²) in [5.41, 5.74) is 2.61. The lowest BCUT2D eigenvalue weighted by molar-refractivity contribution is -0.153. The lowest BCUT2D eigenvalue weighted by Gasteiger charge is -2.50. The number of benzene rings is 1. The predicted octanol–water partition coefficient (Wildman–Crippen LogP) is 0.958. The topological polar surface area (TPSA) is 194 Å². The highest BCUT2D eigenvalue weighted by Gasteiger charge is 2.64. The van der Waals surface area contributed by atoms with E-state index in [2.05, 4.69) is 0 Å². The Labute approximate surface area is 247 Å². The number of fused-ring (bicyclic) bond motifs is 3. The van der Waals surface area contributed by atoms with Crippen LogP contribution >= 0.6 is 0 Å². The van der Waals surface area contributed by atoms with Gasteiger partial charge in [0.1, 0.15) is 36.1 Å². The van der Waals surface area contributed by atoms with Gasteiger partial charge in [-0.3, -0.25) is 19.3 Å². The number of amides is 2. The molecule has 0 unspecified atom stereocenters. The highest BCUT2D eigenvalue weighted by molar-refractivity contribution is 6.24. The van der Waals surface area contributed by atoms with Crippen LogP contribution in [0, 0.1) is 11.8 Å². The van der Waals surface area contributed by atoms with Crippen LogP contribution < -0.4 is 10.6 Å². The van der Waals surface area contributed by atoms with Gasteiger partial charge in [0, 0.05) is 43.4 Å². The molecule has 0 bridgehead atoms. The van der Waals surface area contributed by atoms with Crippen molar-refractivity contribution in [3.05, 3.63) is 39.7 Å². The minimum atomic E-state index is -2.75. The number of carbonyl (C=O) groups is 4. The Kier molecular flexibility index (Phi) is 8.49. The molecule has 0 aliphatic heterocycles. The van der Waals surface area contributed by atoms with Crippen LogP contribution in [0.1, 0.15) is 30.0 Å². The summed E-state index contributed by atoms with van der Waals surface area (Å²) < 4.78 is 17.5. The number of nitrogens with two attached hydrogens (primary N) is 1. The second-order valence-corrected chi connectivity index (χ2v) is 11.4. The lowest BCUT2D eigenvalue weighted by atomic mass is 9.57. The first kappa shape index (κ1) is 31.8. The molecule has 1 saturated carbocycles. The second-order valence-electron chi connectivity index (χ2n) is 11.4. The number of primary amides is 1. The number of hydrogen-bond acceptors (Lipinski definition) is 11. The van der Waals surface area contributed by atoms with Crippen molar-refractivity contribution in [1.29, 1.82) is 0 Å². The van der Waals surface area contributed by atoms with Gasteiger partial charge < -0.3 is 40.7 Å². The molecule has 0 aromatic heterocycles. The number of carbonyl (C=O) groups excluding carboxylic acids is 4. The molecule has 0 heterocycles. The van der Waals surface area contributed by atoms with Gasteiger partial charge in [0.15, 0.2) is 11.4 Å². The summed E-state index contributed by atoms with van der Waals surface area (Å²) in [4.78, 5) is 56.3. The summed E-state index contributed by atoms with van der Waals surface area (Å²) in [5.74, 6) is -7.40. The van der Waals surface area contributed by atoms with Crippen LogP contribution in [-0.4, -0.2) is 113 Å². The zero-order chi connectivity index (χ0) is 32.1. The van der Waals surface area contributed by atoms with Crippen molar-refractivity contribution >= 4 is 35.0 Å². The van der Waals surface area contributed by atoms with Crippen molar-refractivity contribution in [1.82, 2.24) is 9.80 Å². The van der Waals surface area contributed by atoms with Crippen molar-refractivity contribution in [2.24, 2.45) is 17.6 Å². The SMILES string of the molecule is CCN(Cc1cc(N(C)C)c2c(c1O)C(O)=C1C(=O)[C@]3(O)C(O)=C(C(N)=O)C(=O)[C@@H](N(C)C)[C@@H]3C[C@@H]1C2)C(=O)OCCF. The number of aromatic hydroxyl groups is 1. The number of ketones is 2. The van der Waals surface area contributed by atoms with E-state index in [1.807, 2.05) is 0 Å². The number of hydrogen-bond donors (Lipinski definition) is 5. The monoisotopic (exact) mass is 604 g/mol. The van der Waals surface area contributed by atoms with Crippen molar-refractivity contribution in [3.63, 3.8) is 0 Å². The van der Waals surface area contributed by atoms with Crippen LogP contribution in [0.5, 0.6) is 5.75 Å². The average molecular weight is 605 g/mol. The molecule has 6 N–H and O–H groups in total. The normalized spacial score (nSPS) is 24.9. The molecule has 1 fully saturated rings. The van der Waals surface area contributed by atoms with Crippen molar-refractivity contribution in [3.8, 4) is 5.75 Å². The van der Waals surface area contributed by atoms with Crippen LogP contribution in [0.2, 0.25) is 0 Å². The smallest absolute Gasteiger partial charge is 0.410 e. The Bertz CT molecular complexity index is 1450. The summed E-state index contributed by atoms with van der Waals surface area (Å²) >= 11 is 0. The van der Waals surface area contributed by atoms with E-state index in [0.717, 1.165) is 0 Å². The highest BCUT2D eigenvalue weighted by Crippen LogP contribution is 2.54. The minimum Gasteiger partial charge on any atom is -0.508 e.